The molecule has 0 atom stereocenters. The Hall–Kier alpha value is -2.74. The van der Waals surface area contributed by atoms with E-state index >= 15 is 0 Å². The van der Waals surface area contributed by atoms with Gasteiger partial charge >= 0.3 is 6.18 Å². The topological polar surface area (TPSA) is 44.2 Å². The van der Waals surface area contributed by atoms with Crippen molar-refractivity contribution in [3.8, 4) is 22.8 Å². The molecular formula is C19H13F3N2O2S. The molecule has 138 valence electrons. The number of fused-ring (bicyclic) bond motifs is 1. The average molecular weight is 390 g/mol. The number of rotatable bonds is 4. The van der Waals surface area contributed by atoms with Gasteiger partial charge in [-0.05, 0) is 48.0 Å². The molecule has 0 saturated carbocycles. The smallest absolute Gasteiger partial charge is 0.416 e. The summed E-state index contributed by atoms with van der Waals surface area (Å²) in [6, 6.07) is 14.4. The fourth-order valence-electron chi connectivity index (χ4n) is 2.55. The zero-order valence-electron chi connectivity index (χ0n) is 13.9. The molecule has 0 amide bonds. The molecule has 4 nitrogen and oxygen atoms in total. The maximum atomic E-state index is 12.6. The van der Waals surface area contributed by atoms with Crippen molar-refractivity contribution in [3.05, 3.63) is 65.7 Å². The summed E-state index contributed by atoms with van der Waals surface area (Å²) >= 11 is 1.41. The SMILES string of the molecule is FC(F)(F)c1ccc(CSc2ccc(-c3ccc4c(c3)OCO4)nn2)cc1. The van der Waals surface area contributed by atoms with Crippen LogP contribution in [0.15, 0.2) is 59.6 Å². The van der Waals surface area contributed by atoms with Gasteiger partial charge in [0.15, 0.2) is 11.5 Å². The van der Waals surface area contributed by atoms with Gasteiger partial charge < -0.3 is 9.47 Å². The number of hydrogen-bond donors (Lipinski definition) is 0. The zero-order valence-corrected chi connectivity index (χ0v) is 14.7. The first kappa shape index (κ1) is 17.7. The maximum Gasteiger partial charge on any atom is 0.416 e. The number of thioether (sulfide) groups is 1. The van der Waals surface area contributed by atoms with E-state index in [2.05, 4.69) is 10.2 Å². The lowest BCUT2D eigenvalue weighted by molar-refractivity contribution is -0.137. The van der Waals surface area contributed by atoms with E-state index in [-0.39, 0.29) is 6.79 Å². The first-order chi connectivity index (χ1) is 13.0. The Balaban J connectivity index is 1.41. The van der Waals surface area contributed by atoms with Crippen molar-refractivity contribution >= 4 is 11.8 Å². The predicted octanol–water partition coefficient (Wildman–Crippen LogP) is 5.18. The molecule has 8 heteroatoms. The van der Waals surface area contributed by atoms with Crippen molar-refractivity contribution in [1.82, 2.24) is 10.2 Å². The summed E-state index contributed by atoms with van der Waals surface area (Å²) in [5.41, 5.74) is 1.71. The van der Waals surface area contributed by atoms with E-state index in [1.807, 2.05) is 30.3 Å². The van der Waals surface area contributed by atoms with Gasteiger partial charge in [0.05, 0.1) is 11.3 Å². The molecule has 4 rings (SSSR count). The molecule has 0 unspecified atom stereocenters. The van der Waals surface area contributed by atoms with E-state index in [1.54, 1.807) is 0 Å². The van der Waals surface area contributed by atoms with Gasteiger partial charge in [-0.3, -0.25) is 0 Å². The minimum Gasteiger partial charge on any atom is -0.454 e. The first-order valence-corrected chi connectivity index (χ1v) is 9.00. The standard InChI is InChI=1S/C19H13F3N2O2S/c20-19(21,22)14-4-1-12(2-5-14)10-27-18-8-6-15(23-24-18)13-3-7-16-17(9-13)26-11-25-16/h1-9H,10-11H2. The van der Waals surface area contributed by atoms with E-state index in [4.69, 9.17) is 9.47 Å². The lowest BCUT2D eigenvalue weighted by Crippen LogP contribution is -2.04. The molecule has 2 aromatic carbocycles. The van der Waals surface area contributed by atoms with Gasteiger partial charge in [-0.1, -0.05) is 23.9 Å². The van der Waals surface area contributed by atoms with Gasteiger partial charge in [0.1, 0.15) is 5.03 Å². The third-order valence-corrected chi connectivity index (χ3v) is 4.97. The summed E-state index contributed by atoms with van der Waals surface area (Å²) in [7, 11) is 0. The van der Waals surface area contributed by atoms with E-state index in [0.717, 1.165) is 23.3 Å². The van der Waals surface area contributed by atoms with Crippen molar-refractivity contribution in [1.29, 1.82) is 0 Å². The molecule has 27 heavy (non-hydrogen) atoms. The summed E-state index contributed by atoms with van der Waals surface area (Å²) in [5, 5.41) is 9.09. The molecule has 1 aliphatic heterocycles. The number of benzene rings is 2. The lowest BCUT2D eigenvalue weighted by Gasteiger charge is -2.07. The molecule has 0 radical (unpaired) electrons. The third kappa shape index (κ3) is 4.00. The van der Waals surface area contributed by atoms with E-state index in [9.17, 15) is 13.2 Å². The fraction of sp³-hybridized carbons (Fsp3) is 0.158. The zero-order chi connectivity index (χ0) is 18.9. The Bertz CT molecular complexity index is 945. The minimum absolute atomic E-state index is 0.212. The van der Waals surface area contributed by atoms with Crippen LogP contribution in [0.1, 0.15) is 11.1 Å². The molecule has 0 spiro atoms. The van der Waals surface area contributed by atoms with Crippen molar-refractivity contribution in [3.63, 3.8) is 0 Å². The van der Waals surface area contributed by atoms with Crippen LogP contribution >= 0.6 is 11.8 Å². The van der Waals surface area contributed by atoms with Crippen molar-refractivity contribution in [2.24, 2.45) is 0 Å². The van der Waals surface area contributed by atoms with Gasteiger partial charge in [0.2, 0.25) is 6.79 Å². The van der Waals surface area contributed by atoms with Crippen molar-refractivity contribution in [2.45, 2.75) is 17.0 Å². The Labute approximate surface area is 157 Å². The second-order valence-electron chi connectivity index (χ2n) is 5.81. The van der Waals surface area contributed by atoms with Crippen LogP contribution in [0.5, 0.6) is 11.5 Å². The molecule has 0 fully saturated rings. The van der Waals surface area contributed by atoms with E-state index in [0.29, 0.717) is 28.0 Å². The van der Waals surface area contributed by atoms with Crippen LogP contribution in [0.2, 0.25) is 0 Å². The number of hydrogen-bond acceptors (Lipinski definition) is 5. The number of ether oxygens (including phenoxy) is 2. The quantitative estimate of drug-likeness (QED) is 0.574. The summed E-state index contributed by atoms with van der Waals surface area (Å²) in [6.07, 6.45) is -4.32. The van der Waals surface area contributed by atoms with Gasteiger partial charge in [-0.25, -0.2) is 0 Å². The van der Waals surface area contributed by atoms with Gasteiger partial charge in [-0.15, -0.1) is 10.2 Å². The van der Waals surface area contributed by atoms with E-state index in [1.165, 1.54) is 23.9 Å². The Morgan fingerprint density at radius 3 is 2.37 bits per heavy atom. The van der Waals surface area contributed by atoms with Crippen LogP contribution in [-0.2, 0) is 11.9 Å². The molecule has 2 heterocycles. The molecule has 0 saturated heterocycles. The number of aromatic nitrogens is 2. The Morgan fingerprint density at radius 1 is 0.889 bits per heavy atom. The number of alkyl halides is 3. The molecule has 3 aromatic rings. The molecule has 1 aliphatic rings. The summed E-state index contributed by atoms with van der Waals surface area (Å²) < 4.78 is 48.4. The van der Waals surface area contributed by atoms with Crippen LogP contribution in [0, 0.1) is 0 Å². The largest absolute Gasteiger partial charge is 0.454 e. The second kappa shape index (κ2) is 7.11. The molecule has 0 N–H and O–H groups in total. The highest BCUT2D eigenvalue weighted by molar-refractivity contribution is 7.98. The summed E-state index contributed by atoms with van der Waals surface area (Å²) in [5.74, 6) is 1.89. The van der Waals surface area contributed by atoms with Crippen LogP contribution < -0.4 is 9.47 Å². The number of halogens is 3. The van der Waals surface area contributed by atoms with Gasteiger partial charge in [-0.2, -0.15) is 13.2 Å². The number of nitrogens with zero attached hydrogens (tertiary/aromatic N) is 2. The molecule has 1 aromatic heterocycles. The highest BCUT2D eigenvalue weighted by Crippen LogP contribution is 2.35. The van der Waals surface area contributed by atoms with Crippen LogP contribution in [0.4, 0.5) is 13.2 Å². The van der Waals surface area contributed by atoms with Crippen molar-refractivity contribution in [2.75, 3.05) is 6.79 Å². The van der Waals surface area contributed by atoms with Gasteiger partial charge in [0.25, 0.3) is 0 Å². The normalized spacial score (nSPS) is 13.0. The average Bonchev–Trinajstić information content (AvgIpc) is 3.14. The van der Waals surface area contributed by atoms with E-state index < -0.39 is 11.7 Å². The lowest BCUT2D eigenvalue weighted by atomic mass is 10.1. The molecular weight excluding hydrogens is 377 g/mol. The van der Waals surface area contributed by atoms with Crippen LogP contribution in [0.3, 0.4) is 0 Å². The molecule has 0 aliphatic carbocycles. The van der Waals surface area contributed by atoms with Gasteiger partial charge in [0, 0.05) is 11.3 Å². The monoisotopic (exact) mass is 390 g/mol. The van der Waals surface area contributed by atoms with Crippen LogP contribution in [-0.4, -0.2) is 17.0 Å². The maximum absolute atomic E-state index is 12.6. The summed E-state index contributed by atoms with van der Waals surface area (Å²) in [4.78, 5) is 0. The Kier molecular flexibility index (Phi) is 4.65. The second-order valence-corrected chi connectivity index (χ2v) is 6.80. The molecule has 0 bridgehead atoms. The highest BCUT2D eigenvalue weighted by atomic mass is 32.2. The Morgan fingerprint density at radius 2 is 1.67 bits per heavy atom. The third-order valence-electron chi connectivity index (χ3n) is 3.98. The first-order valence-electron chi connectivity index (χ1n) is 8.02. The predicted molar refractivity (Wildman–Crippen MR) is 94.6 cm³/mol. The summed E-state index contributed by atoms with van der Waals surface area (Å²) in [6.45, 7) is 0.212. The minimum atomic E-state index is -4.32. The van der Waals surface area contributed by atoms with Crippen LogP contribution in [0.25, 0.3) is 11.3 Å². The highest BCUT2D eigenvalue weighted by Gasteiger charge is 2.29. The fourth-order valence-corrected chi connectivity index (χ4v) is 3.32. The van der Waals surface area contributed by atoms with Crippen molar-refractivity contribution < 1.29 is 22.6 Å².